The van der Waals surface area contributed by atoms with E-state index in [4.69, 9.17) is 5.26 Å². The Morgan fingerprint density at radius 3 is 2.52 bits per heavy atom. The van der Waals surface area contributed by atoms with Gasteiger partial charge in [-0.2, -0.15) is 18.4 Å². The highest BCUT2D eigenvalue weighted by molar-refractivity contribution is 5.86. The van der Waals surface area contributed by atoms with E-state index in [2.05, 4.69) is 10.2 Å². The molecule has 1 N–H and O–H groups in total. The van der Waals surface area contributed by atoms with Crippen LogP contribution in [0.4, 0.5) is 18.9 Å². The molecule has 1 amide bonds. The maximum Gasteiger partial charge on any atom is 0.417 e. The van der Waals surface area contributed by atoms with Crippen LogP contribution in [0.1, 0.15) is 62.5 Å². The summed E-state index contributed by atoms with van der Waals surface area (Å²) in [7, 11) is 1.57. The van der Waals surface area contributed by atoms with Crippen LogP contribution in [0.5, 0.6) is 0 Å². The van der Waals surface area contributed by atoms with E-state index in [1.165, 1.54) is 38.2 Å². The fourth-order valence-electron chi connectivity index (χ4n) is 6.08. The van der Waals surface area contributed by atoms with Crippen molar-refractivity contribution in [1.82, 2.24) is 10.2 Å². The van der Waals surface area contributed by atoms with Gasteiger partial charge in [-0.25, -0.2) is 0 Å². The molecule has 1 aromatic rings. The van der Waals surface area contributed by atoms with Gasteiger partial charge < -0.3 is 15.1 Å². The van der Waals surface area contributed by atoms with Gasteiger partial charge >= 0.3 is 6.18 Å². The fourth-order valence-corrected chi connectivity index (χ4v) is 6.08. The predicted octanol–water partition coefficient (Wildman–Crippen LogP) is 4.56. The van der Waals surface area contributed by atoms with Crippen molar-refractivity contribution in [3.63, 3.8) is 0 Å². The number of likely N-dealkylation sites (N-methyl/N-ethyl adjacent to an activating group) is 1. The molecular formula is C25H33F3N4O. The Hall–Kier alpha value is -2.27. The van der Waals surface area contributed by atoms with E-state index in [0.717, 1.165) is 44.5 Å². The molecule has 0 bridgehead atoms. The summed E-state index contributed by atoms with van der Waals surface area (Å²) in [5.74, 6) is 0.611. The van der Waals surface area contributed by atoms with Crippen molar-refractivity contribution in [2.24, 2.45) is 11.3 Å². The molecule has 1 spiro atoms. The van der Waals surface area contributed by atoms with Gasteiger partial charge in [0, 0.05) is 25.8 Å². The average molecular weight is 463 g/mol. The van der Waals surface area contributed by atoms with Gasteiger partial charge in [0.25, 0.3) is 0 Å². The number of hydrogen-bond donors (Lipinski definition) is 1. The molecule has 1 aliphatic carbocycles. The maximum atomic E-state index is 13.6. The van der Waals surface area contributed by atoms with Crippen LogP contribution in [-0.2, 0) is 11.0 Å². The lowest BCUT2D eigenvalue weighted by Crippen LogP contribution is -2.43. The summed E-state index contributed by atoms with van der Waals surface area (Å²) in [6.07, 6.45) is 4.56. The third-order valence-corrected chi connectivity index (χ3v) is 7.98. The summed E-state index contributed by atoms with van der Waals surface area (Å²) in [6, 6.07) is 4.93. The number of amides is 1. The monoisotopic (exact) mass is 462 g/mol. The number of alkyl halides is 3. The van der Waals surface area contributed by atoms with Gasteiger partial charge in [-0.3, -0.25) is 4.79 Å². The topological polar surface area (TPSA) is 59.4 Å². The van der Waals surface area contributed by atoms with Crippen molar-refractivity contribution in [2.75, 3.05) is 38.1 Å². The molecule has 5 nitrogen and oxygen atoms in total. The minimum absolute atomic E-state index is 0.0768. The van der Waals surface area contributed by atoms with E-state index in [-0.39, 0.29) is 11.3 Å². The number of likely N-dealkylation sites (tertiary alicyclic amines) is 1. The lowest BCUT2D eigenvalue weighted by atomic mass is 9.76. The second-order valence-corrected chi connectivity index (χ2v) is 10.1. The highest BCUT2D eigenvalue weighted by Crippen LogP contribution is 2.46. The summed E-state index contributed by atoms with van der Waals surface area (Å²) in [4.78, 5) is 17.1. The largest absolute Gasteiger partial charge is 0.417 e. The second kappa shape index (κ2) is 9.54. The number of anilines is 1. The van der Waals surface area contributed by atoms with E-state index < -0.39 is 23.3 Å². The summed E-state index contributed by atoms with van der Waals surface area (Å²) >= 11 is 0. The molecule has 2 heterocycles. The van der Waals surface area contributed by atoms with Crippen LogP contribution in [-0.4, -0.2) is 50.1 Å². The molecule has 0 aromatic heterocycles. The van der Waals surface area contributed by atoms with Crippen molar-refractivity contribution in [3.8, 4) is 6.07 Å². The van der Waals surface area contributed by atoms with Crippen molar-refractivity contribution in [2.45, 2.75) is 63.6 Å². The first kappa shape index (κ1) is 23.9. The molecule has 33 heavy (non-hydrogen) atoms. The molecule has 3 fully saturated rings. The minimum Gasteiger partial charge on any atom is -0.359 e. The lowest BCUT2D eigenvalue weighted by Gasteiger charge is -2.41. The van der Waals surface area contributed by atoms with Gasteiger partial charge in [-0.1, -0.05) is 19.3 Å². The number of piperidine rings is 1. The van der Waals surface area contributed by atoms with Crippen molar-refractivity contribution < 1.29 is 18.0 Å². The Balaban J connectivity index is 1.51. The van der Waals surface area contributed by atoms with Crippen LogP contribution in [0.3, 0.4) is 0 Å². The molecule has 8 heteroatoms. The smallest absolute Gasteiger partial charge is 0.359 e. The van der Waals surface area contributed by atoms with E-state index in [9.17, 15) is 18.0 Å². The number of nitrogens with zero attached hydrogens (tertiary/aromatic N) is 3. The van der Waals surface area contributed by atoms with Crippen molar-refractivity contribution in [3.05, 3.63) is 29.3 Å². The Morgan fingerprint density at radius 1 is 1.21 bits per heavy atom. The summed E-state index contributed by atoms with van der Waals surface area (Å²) < 4.78 is 40.7. The number of carbonyl (C=O) groups excluding carboxylic acids is 1. The average Bonchev–Trinajstić information content (AvgIpc) is 3.19. The molecule has 2 saturated heterocycles. The predicted molar refractivity (Wildman–Crippen MR) is 121 cm³/mol. The standard InChI is InChI=1S/C25H33F3N4O/c1-30-23(33)22-14-24(9-11-31(12-10-24)16-18-5-3-2-4-6-18)17-32(22)20-8-7-19(15-29)21(13-20)25(26,27)28/h7-8,13,18,22H,2-6,9-12,14,16-17H2,1H3,(H,30,33). The fraction of sp³-hybridized carbons (Fsp3) is 0.680. The van der Waals surface area contributed by atoms with Crippen LogP contribution >= 0.6 is 0 Å². The summed E-state index contributed by atoms with van der Waals surface area (Å²) in [5, 5.41) is 11.8. The maximum absolute atomic E-state index is 13.6. The Labute approximate surface area is 193 Å². The normalized spacial score (nSPS) is 24.1. The molecule has 1 saturated carbocycles. The van der Waals surface area contributed by atoms with Crippen LogP contribution in [0.25, 0.3) is 0 Å². The Bertz CT molecular complexity index is 896. The molecule has 1 unspecified atom stereocenters. The van der Waals surface area contributed by atoms with Crippen molar-refractivity contribution in [1.29, 1.82) is 5.26 Å². The number of carbonyl (C=O) groups is 1. The lowest BCUT2D eigenvalue weighted by molar-refractivity contribution is -0.137. The van der Waals surface area contributed by atoms with Crippen LogP contribution in [0, 0.1) is 22.7 Å². The zero-order valence-electron chi connectivity index (χ0n) is 19.3. The van der Waals surface area contributed by atoms with E-state index in [1.54, 1.807) is 19.2 Å². The van der Waals surface area contributed by atoms with Crippen LogP contribution < -0.4 is 10.2 Å². The zero-order chi connectivity index (χ0) is 23.6. The number of nitrogens with one attached hydrogen (secondary N) is 1. The SMILES string of the molecule is CNC(=O)C1CC2(CCN(CC3CCCCC3)CC2)CN1c1ccc(C#N)c(C(F)(F)F)c1. The third-order valence-electron chi connectivity index (χ3n) is 7.98. The van der Waals surface area contributed by atoms with Gasteiger partial charge in [0.15, 0.2) is 0 Å². The molecule has 0 radical (unpaired) electrons. The molecule has 2 aliphatic heterocycles. The summed E-state index contributed by atoms with van der Waals surface area (Å²) in [6.45, 7) is 3.66. The highest BCUT2D eigenvalue weighted by Gasteiger charge is 2.48. The first-order valence-electron chi connectivity index (χ1n) is 12.1. The number of benzene rings is 1. The van der Waals surface area contributed by atoms with E-state index in [0.29, 0.717) is 18.7 Å². The van der Waals surface area contributed by atoms with E-state index >= 15 is 0 Å². The van der Waals surface area contributed by atoms with Gasteiger partial charge in [-0.05, 0) is 74.7 Å². The molecule has 4 rings (SSSR count). The molecular weight excluding hydrogens is 429 g/mol. The number of halogens is 3. The van der Waals surface area contributed by atoms with Gasteiger partial charge in [0.05, 0.1) is 17.2 Å². The third kappa shape index (κ3) is 5.13. The number of hydrogen-bond acceptors (Lipinski definition) is 4. The minimum atomic E-state index is -4.62. The number of nitriles is 1. The van der Waals surface area contributed by atoms with Crippen molar-refractivity contribution >= 4 is 11.6 Å². The molecule has 1 atom stereocenters. The molecule has 180 valence electrons. The number of rotatable bonds is 4. The molecule has 1 aromatic carbocycles. The van der Waals surface area contributed by atoms with Crippen LogP contribution in [0.15, 0.2) is 18.2 Å². The van der Waals surface area contributed by atoms with E-state index in [1.807, 2.05) is 4.90 Å². The second-order valence-electron chi connectivity index (χ2n) is 10.1. The summed E-state index contributed by atoms with van der Waals surface area (Å²) in [5.41, 5.74) is -1.06. The Kier molecular flexibility index (Phi) is 6.90. The first-order valence-corrected chi connectivity index (χ1v) is 12.1. The first-order chi connectivity index (χ1) is 15.7. The van der Waals surface area contributed by atoms with Gasteiger partial charge in [0.2, 0.25) is 5.91 Å². The highest BCUT2D eigenvalue weighted by atomic mass is 19.4. The quantitative estimate of drug-likeness (QED) is 0.713. The van der Waals surface area contributed by atoms with Gasteiger partial charge in [0.1, 0.15) is 6.04 Å². The Morgan fingerprint density at radius 2 is 1.91 bits per heavy atom. The van der Waals surface area contributed by atoms with Crippen LogP contribution in [0.2, 0.25) is 0 Å². The molecule has 3 aliphatic rings. The van der Waals surface area contributed by atoms with Gasteiger partial charge in [-0.15, -0.1) is 0 Å². The zero-order valence-corrected chi connectivity index (χ0v) is 19.3.